The molecule has 0 saturated carbocycles. The van der Waals surface area contributed by atoms with Crippen LogP contribution in [0.1, 0.15) is 0 Å². The van der Waals surface area contributed by atoms with Crippen LogP contribution in [0.3, 0.4) is 0 Å². The topological polar surface area (TPSA) is 51.6 Å². The first-order chi connectivity index (χ1) is 6.36. The highest BCUT2D eigenvalue weighted by Crippen LogP contribution is 2.12. The average Bonchev–Trinajstić information content (AvgIpc) is 2.20. The summed E-state index contributed by atoms with van der Waals surface area (Å²) in [7, 11) is 0. The molecule has 0 bridgehead atoms. The van der Waals surface area contributed by atoms with E-state index in [1.807, 2.05) is 0 Å². The third-order valence-corrected chi connectivity index (χ3v) is 1.66. The van der Waals surface area contributed by atoms with Crippen LogP contribution >= 0.6 is 11.6 Å². The summed E-state index contributed by atoms with van der Waals surface area (Å²) >= 11 is 5.59. The minimum atomic E-state index is 0.368. The Kier molecular flexibility index (Phi) is 2.14. The summed E-state index contributed by atoms with van der Waals surface area (Å²) in [5.74, 6) is 0. The molecule has 4 nitrogen and oxygen atoms in total. The van der Waals surface area contributed by atoms with Crippen molar-refractivity contribution in [2.75, 3.05) is 0 Å². The van der Waals surface area contributed by atoms with Gasteiger partial charge in [-0.1, -0.05) is 11.6 Å². The van der Waals surface area contributed by atoms with E-state index in [0.29, 0.717) is 16.5 Å². The van der Waals surface area contributed by atoms with Gasteiger partial charge in [0.25, 0.3) is 0 Å². The predicted octanol–water partition coefficient (Wildman–Crippen LogP) is 1.59. The highest BCUT2D eigenvalue weighted by Gasteiger charge is 1.99. The van der Waals surface area contributed by atoms with Crippen molar-refractivity contribution in [2.45, 2.75) is 0 Å². The van der Waals surface area contributed by atoms with Crippen molar-refractivity contribution >= 4 is 11.6 Å². The Labute approximate surface area is 79.6 Å². The number of hydrogen-bond donors (Lipinski definition) is 0. The summed E-state index contributed by atoms with van der Waals surface area (Å²) < 4.78 is 0. The summed E-state index contributed by atoms with van der Waals surface area (Å²) in [5.41, 5.74) is 1.35. The van der Waals surface area contributed by atoms with E-state index >= 15 is 0 Å². The lowest BCUT2D eigenvalue weighted by Crippen LogP contribution is -1.90. The summed E-state index contributed by atoms with van der Waals surface area (Å²) in [6.07, 6.45) is 4.83. The normalized spacial score (nSPS) is 9.92. The van der Waals surface area contributed by atoms with Gasteiger partial charge in [0.05, 0.1) is 6.20 Å². The fraction of sp³-hybridized carbons (Fsp3) is 0. The Morgan fingerprint density at radius 3 is 2.54 bits per heavy atom. The van der Waals surface area contributed by atoms with Crippen molar-refractivity contribution in [3.8, 4) is 11.4 Å². The highest BCUT2D eigenvalue weighted by atomic mass is 35.5. The van der Waals surface area contributed by atoms with Gasteiger partial charge in [0.2, 0.25) is 0 Å². The quantitative estimate of drug-likeness (QED) is 0.689. The molecule has 0 aliphatic carbocycles. The molecule has 0 unspecified atom stereocenters. The number of hydrogen-bond acceptors (Lipinski definition) is 4. The molecule has 0 atom stereocenters. The molecule has 2 heterocycles. The number of aromatic nitrogens is 4. The van der Waals surface area contributed by atoms with Gasteiger partial charge >= 0.3 is 0 Å². The molecule has 2 rings (SSSR count). The van der Waals surface area contributed by atoms with Crippen molar-refractivity contribution in [1.82, 2.24) is 20.2 Å². The van der Waals surface area contributed by atoms with Crippen LogP contribution in [0.2, 0.25) is 5.15 Å². The van der Waals surface area contributed by atoms with Crippen LogP contribution in [0, 0.1) is 0 Å². The second-order valence-corrected chi connectivity index (χ2v) is 2.72. The van der Waals surface area contributed by atoms with E-state index in [4.69, 9.17) is 11.6 Å². The van der Waals surface area contributed by atoms with E-state index < -0.39 is 0 Å². The second kappa shape index (κ2) is 3.45. The average molecular weight is 193 g/mol. The van der Waals surface area contributed by atoms with Gasteiger partial charge in [0, 0.05) is 12.4 Å². The van der Waals surface area contributed by atoms with Gasteiger partial charge in [0.15, 0.2) is 5.15 Å². The van der Waals surface area contributed by atoms with E-state index in [-0.39, 0.29) is 0 Å². The largest absolute Gasteiger partial charge is 0.261 e. The Morgan fingerprint density at radius 2 is 1.92 bits per heavy atom. The zero-order chi connectivity index (χ0) is 9.10. The van der Waals surface area contributed by atoms with Crippen molar-refractivity contribution in [3.63, 3.8) is 0 Å². The molecule has 5 heteroatoms. The summed E-state index contributed by atoms with van der Waals surface area (Å²) in [6.45, 7) is 0. The van der Waals surface area contributed by atoms with Gasteiger partial charge < -0.3 is 0 Å². The number of rotatable bonds is 1. The van der Waals surface area contributed by atoms with Gasteiger partial charge in [-0.3, -0.25) is 9.97 Å². The van der Waals surface area contributed by atoms with Crippen LogP contribution in [-0.4, -0.2) is 20.2 Å². The lowest BCUT2D eigenvalue weighted by Gasteiger charge is -1.96. The minimum absolute atomic E-state index is 0.368. The molecule has 0 aromatic carbocycles. The molecular formula is C8H5ClN4. The highest BCUT2D eigenvalue weighted by molar-refractivity contribution is 6.29. The molecule has 0 radical (unpaired) electrons. The van der Waals surface area contributed by atoms with E-state index in [9.17, 15) is 0 Å². The molecular weight excluding hydrogens is 188 g/mol. The van der Waals surface area contributed by atoms with Gasteiger partial charge in [-0.15, -0.1) is 10.2 Å². The fourth-order valence-corrected chi connectivity index (χ4v) is 0.985. The Balaban J connectivity index is 2.42. The van der Waals surface area contributed by atoms with E-state index in [2.05, 4.69) is 20.2 Å². The molecule has 0 spiro atoms. The Bertz CT molecular complexity index is 387. The third kappa shape index (κ3) is 1.78. The first-order valence-electron chi connectivity index (χ1n) is 3.62. The zero-order valence-electron chi connectivity index (χ0n) is 6.55. The van der Waals surface area contributed by atoms with E-state index in [0.717, 1.165) is 0 Å². The number of nitrogens with zero attached hydrogens (tertiary/aromatic N) is 4. The van der Waals surface area contributed by atoms with Crippen molar-refractivity contribution in [3.05, 3.63) is 35.9 Å². The van der Waals surface area contributed by atoms with Gasteiger partial charge in [-0.2, -0.15) is 0 Å². The summed E-state index contributed by atoms with van der Waals surface area (Å²) in [5, 5.41) is 7.94. The molecule has 0 fully saturated rings. The molecule has 0 aliphatic rings. The monoisotopic (exact) mass is 192 g/mol. The smallest absolute Gasteiger partial charge is 0.151 e. The van der Waals surface area contributed by atoms with Gasteiger partial charge in [-0.05, 0) is 12.1 Å². The summed E-state index contributed by atoms with van der Waals surface area (Å²) in [6, 6.07) is 3.41. The molecule has 0 amide bonds. The van der Waals surface area contributed by atoms with Gasteiger partial charge in [0.1, 0.15) is 11.4 Å². The van der Waals surface area contributed by atoms with Crippen LogP contribution in [0.15, 0.2) is 30.7 Å². The van der Waals surface area contributed by atoms with E-state index in [1.165, 1.54) is 0 Å². The van der Waals surface area contributed by atoms with Crippen LogP contribution in [0.25, 0.3) is 11.4 Å². The maximum Gasteiger partial charge on any atom is 0.151 e. The Morgan fingerprint density at radius 1 is 1.00 bits per heavy atom. The van der Waals surface area contributed by atoms with E-state index in [1.54, 1.807) is 30.7 Å². The lowest BCUT2D eigenvalue weighted by molar-refractivity contribution is 1.02. The lowest BCUT2D eigenvalue weighted by atomic mass is 10.3. The van der Waals surface area contributed by atoms with Crippen LogP contribution in [0.4, 0.5) is 0 Å². The first-order valence-corrected chi connectivity index (χ1v) is 4.00. The summed E-state index contributed by atoms with van der Waals surface area (Å²) in [4.78, 5) is 7.99. The standard InChI is InChI=1S/C8H5ClN4/c9-8-2-1-6(12-13-8)7-5-10-3-4-11-7/h1-5H. The van der Waals surface area contributed by atoms with Crippen molar-refractivity contribution in [1.29, 1.82) is 0 Å². The van der Waals surface area contributed by atoms with Crippen LogP contribution < -0.4 is 0 Å². The zero-order valence-corrected chi connectivity index (χ0v) is 7.31. The fourth-order valence-electron chi connectivity index (χ4n) is 0.884. The minimum Gasteiger partial charge on any atom is -0.261 e. The molecule has 13 heavy (non-hydrogen) atoms. The number of halogens is 1. The van der Waals surface area contributed by atoms with Gasteiger partial charge in [-0.25, -0.2) is 0 Å². The molecule has 0 N–H and O–H groups in total. The second-order valence-electron chi connectivity index (χ2n) is 2.33. The van der Waals surface area contributed by atoms with Crippen molar-refractivity contribution < 1.29 is 0 Å². The van der Waals surface area contributed by atoms with Crippen LogP contribution in [0.5, 0.6) is 0 Å². The molecule has 0 saturated heterocycles. The Hall–Kier alpha value is -1.55. The third-order valence-electron chi connectivity index (χ3n) is 1.46. The predicted molar refractivity (Wildman–Crippen MR) is 48.1 cm³/mol. The molecule has 2 aromatic heterocycles. The molecule has 64 valence electrons. The maximum atomic E-state index is 5.59. The SMILES string of the molecule is Clc1ccc(-c2cnccn2)nn1. The first kappa shape index (κ1) is 8.07. The van der Waals surface area contributed by atoms with Crippen LogP contribution in [-0.2, 0) is 0 Å². The van der Waals surface area contributed by atoms with Crippen molar-refractivity contribution in [2.24, 2.45) is 0 Å². The molecule has 2 aromatic rings. The maximum absolute atomic E-state index is 5.59. The molecule has 0 aliphatic heterocycles.